The lowest BCUT2D eigenvalue weighted by Crippen LogP contribution is -2.62. The number of carbonyl (C=O) groups excluding carboxylic acids is 9. The molecule has 2 aliphatic rings. The van der Waals surface area contributed by atoms with E-state index in [-0.39, 0.29) is 38.1 Å². The maximum atomic E-state index is 15.2. The fourth-order valence-electron chi connectivity index (χ4n) is 10.8. The van der Waals surface area contributed by atoms with Gasteiger partial charge < -0.3 is 45.2 Å². The molecule has 8 amide bonds. The third-order valence-electron chi connectivity index (χ3n) is 15.3. The molecule has 0 bridgehead atoms. The zero-order valence-corrected chi connectivity index (χ0v) is 48.7. The predicted molar refractivity (Wildman–Crippen MR) is 295 cm³/mol. The third kappa shape index (κ3) is 15.9. The lowest BCUT2D eigenvalue weighted by molar-refractivity contribution is -0.172. The van der Waals surface area contributed by atoms with Crippen LogP contribution in [0.2, 0.25) is 0 Å². The maximum Gasteiger partial charge on any atom is 0.329 e. The molecule has 10 atom stereocenters. The van der Waals surface area contributed by atoms with Crippen LogP contribution in [0.1, 0.15) is 120 Å². The SMILES string of the molecule is CCC(C)C1OC(=O)C(C(C)C)N(C)C(=O)C(CC(C)C)NC(=O)C(C(C)C)N(C)C(=O)C(C(C)C)NC(=O)C2CCCN2C(=O)C(Cc2ccccc2)N(C)C(=O)C(Cc2ccccc2)NC(=O)C(C(C)C)N(C)C1=O. The van der Waals surface area contributed by atoms with Crippen molar-refractivity contribution in [2.75, 3.05) is 34.7 Å². The third-order valence-corrected chi connectivity index (χ3v) is 15.3. The van der Waals surface area contributed by atoms with Gasteiger partial charge in [0.1, 0.15) is 48.3 Å². The van der Waals surface area contributed by atoms with Crippen LogP contribution in [0.5, 0.6) is 0 Å². The van der Waals surface area contributed by atoms with Crippen molar-refractivity contribution >= 4 is 53.2 Å². The number of carbonyl (C=O) groups is 9. The average molecular weight is 1070 g/mol. The number of hydrogen-bond acceptors (Lipinski definition) is 10. The van der Waals surface area contributed by atoms with Gasteiger partial charge in [-0.05, 0) is 66.4 Å². The first-order valence-electron chi connectivity index (χ1n) is 27.7. The highest BCUT2D eigenvalue weighted by molar-refractivity contribution is 5.99. The van der Waals surface area contributed by atoms with Gasteiger partial charge in [0.05, 0.1) is 0 Å². The Morgan fingerprint density at radius 1 is 0.519 bits per heavy atom. The summed E-state index contributed by atoms with van der Waals surface area (Å²) in [4.78, 5) is 140. The molecular formula is C59H90N8O10. The van der Waals surface area contributed by atoms with Gasteiger partial charge in [-0.3, -0.25) is 38.4 Å². The highest BCUT2D eigenvalue weighted by Gasteiger charge is 2.46. The fraction of sp³-hybridized carbons (Fsp3) is 0.644. The minimum Gasteiger partial charge on any atom is -0.450 e. The second-order valence-corrected chi connectivity index (χ2v) is 23.2. The summed E-state index contributed by atoms with van der Waals surface area (Å²) in [6.07, 6.45) is 0.00497. The number of hydrogen-bond donors (Lipinski definition) is 3. The number of rotatable bonds is 12. The van der Waals surface area contributed by atoms with Gasteiger partial charge in [-0.25, -0.2) is 4.79 Å². The monoisotopic (exact) mass is 1070 g/mol. The van der Waals surface area contributed by atoms with Gasteiger partial charge in [-0.2, -0.15) is 0 Å². The standard InChI is InChI=1S/C59H90N8O10/c1-17-39(12)50-58(75)65(15)48(37(8)9)53(70)61-43(32-40-25-20-18-21-26-40)54(71)63(13)45(33-41-27-22-19-23-28-41)56(73)67-30-24-29-44(67)51(68)62-46(35(4)5)57(74)64(14)47(36(6)7)52(69)60-42(31-34(2)3)55(72)66(16)49(38(10)11)59(76)77-50/h18-23,25-28,34-39,42-50H,17,24,29-33H2,1-16H3,(H,60,69)(H,61,70)(H,62,68). The Kier molecular flexibility index (Phi) is 23.3. The van der Waals surface area contributed by atoms with E-state index in [1.807, 2.05) is 81.4 Å². The summed E-state index contributed by atoms with van der Waals surface area (Å²) in [6, 6.07) is 9.04. The van der Waals surface area contributed by atoms with Gasteiger partial charge in [-0.1, -0.05) is 144 Å². The quantitative estimate of drug-likeness (QED) is 0.246. The van der Waals surface area contributed by atoms with Gasteiger partial charge in [0.2, 0.25) is 41.4 Å². The van der Waals surface area contributed by atoms with E-state index in [1.165, 1.54) is 52.7 Å². The number of esters is 1. The molecule has 0 spiro atoms. The van der Waals surface area contributed by atoms with E-state index in [4.69, 9.17) is 4.74 Å². The van der Waals surface area contributed by atoms with Gasteiger partial charge >= 0.3 is 5.97 Å². The lowest BCUT2D eigenvalue weighted by atomic mass is 9.95. The Balaban J connectivity index is 1.95. The number of cyclic esters (lactones) is 1. The van der Waals surface area contributed by atoms with E-state index in [1.54, 1.807) is 62.3 Å². The molecule has 0 aliphatic carbocycles. The molecule has 3 N–H and O–H groups in total. The molecule has 2 aliphatic heterocycles. The topological polar surface area (TPSA) is 215 Å². The molecule has 18 nitrogen and oxygen atoms in total. The molecular weight excluding hydrogens is 981 g/mol. The first kappa shape index (κ1) is 63.2. The second kappa shape index (κ2) is 28.3. The van der Waals surface area contributed by atoms with Crippen molar-refractivity contribution in [1.82, 2.24) is 40.4 Å². The summed E-state index contributed by atoms with van der Waals surface area (Å²) in [7, 11) is 5.90. The first-order chi connectivity index (χ1) is 36.1. The molecule has 0 saturated carbocycles. The summed E-state index contributed by atoms with van der Waals surface area (Å²) >= 11 is 0. The number of amides is 8. The molecule has 10 unspecified atom stereocenters. The molecule has 2 heterocycles. The number of benzene rings is 2. The van der Waals surface area contributed by atoms with Crippen LogP contribution >= 0.6 is 0 Å². The molecule has 4 rings (SSSR count). The van der Waals surface area contributed by atoms with E-state index in [0.29, 0.717) is 18.4 Å². The van der Waals surface area contributed by atoms with Crippen molar-refractivity contribution in [3.63, 3.8) is 0 Å². The van der Waals surface area contributed by atoms with Crippen molar-refractivity contribution in [2.45, 2.75) is 176 Å². The van der Waals surface area contributed by atoms with E-state index < -0.39 is 137 Å². The van der Waals surface area contributed by atoms with E-state index >= 15 is 9.59 Å². The molecule has 2 aromatic carbocycles. The molecule has 2 saturated heterocycles. The zero-order chi connectivity index (χ0) is 57.7. The fourth-order valence-corrected chi connectivity index (χ4v) is 10.8. The zero-order valence-electron chi connectivity index (χ0n) is 48.7. The van der Waals surface area contributed by atoms with Crippen molar-refractivity contribution in [3.8, 4) is 0 Å². The van der Waals surface area contributed by atoms with E-state index in [0.717, 1.165) is 5.56 Å². The summed E-state index contributed by atoms with van der Waals surface area (Å²) in [5.41, 5.74) is 1.45. The summed E-state index contributed by atoms with van der Waals surface area (Å²) in [5.74, 6) is -8.27. The smallest absolute Gasteiger partial charge is 0.329 e. The number of fused-ring (bicyclic) bond motifs is 1. The molecule has 426 valence electrons. The second-order valence-electron chi connectivity index (χ2n) is 23.2. The molecule has 77 heavy (non-hydrogen) atoms. The van der Waals surface area contributed by atoms with Gasteiger partial charge in [-0.15, -0.1) is 0 Å². The summed E-state index contributed by atoms with van der Waals surface area (Å²) in [5, 5.41) is 8.83. The number of ether oxygens (including phenoxy) is 1. The van der Waals surface area contributed by atoms with Crippen molar-refractivity contribution in [2.24, 2.45) is 35.5 Å². The van der Waals surface area contributed by atoms with Crippen molar-refractivity contribution in [1.29, 1.82) is 0 Å². The molecule has 0 radical (unpaired) electrons. The highest BCUT2D eigenvalue weighted by atomic mass is 16.6. The summed E-state index contributed by atoms with van der Waals surface area (Å²) < 4.78 is 6.18. The minimum atomic E-state index is -1.40. The molecule has 18 heteroatoms. The van der Waals surface area contributed by atoms with Gasteiger partial charge in [0.15, 0.2) is 6.10 Å². The highest BCUT2D eigenvalue weighted by Crippen LogP contribution is 2.26. The Hall–Kier alpha value is -6.33. The minimum absolute atomic E-state index is 0.0189. The molecule has 0 aromatic heterocycles. The van der Waals surface area contributed by atoms with Crippen LogP contribution in [-0.4, -0.2) is 167 Å². The Bertz CT molecular complexity index is 2360. The largest absolute Gasteiger partial charge is 0.450 e. The number of likely N-dealkylation sites (N-methyl/N-ethyl adjacent to an activating group) is 4. The van der Waals surface area contributed by atoms with E-state index in [9.17, 15) is 33.6 Å². The van der Waals surface area contributed by atoms with Crippen LogP contribution < -0.4 is 16.0 Å². The van der Waals surface area contributed by atoms with Crippen LogP contribution in [-0.2, 0) is 60.7 Å². The summed E-state index contributed by atoms with van der Waals surface area (Å²) in [6.45, 7) is 21.7. The molecule has 2 fully saturated rings. The normalized spacial score (nSPS) is 26.4. The van der Waals surface area contributed by atoms with Gasteiger partial charge in [0, 0.05) is 53.5 Å². The maximum absolute atomic E-state index is 15.2. The van der Waals surface area contributed by atoms with Crippen LogP contribution in [0.4, 0.5) is 0 Å². The van der Waals surface area contributed by atoms with Crippen molar-refractivity contribution < 1.29 is 47.9 Å². The van der Waals surface area contributed by atoms with Crippen LogP contribution in [0.15, 0.2) is 60.7 Å². The van der Waals surface area contributed by atoms with E-state index in [2.05, 4.69) is 16.0 Å². The van der Waals surface area contributed by atoms with Crippen LogP contribution in [0.25, 0.3) is 0 Å². The Morgan fingerprint density at radius 2 is 0.987 bits per heavy atom. The Morgan fingerprint density at radius 3 is 1.47 bits per heavy atom. The van der Waals surface area contributed by atoms with Crippen molar-refractivity contribution in [3.05, 3.63) is 71.8 Å². The predicted octanol–water partition coefficient (Wildman–Crippen LogP) is 4.87. The Labute approximate surface area is 458 Å². The first-order valence-corrected chi connectivity index (χ1v) is 27.7. The average Bonchev–Trinajstić information content (AvgIpc) is 3.88. The van der Waals surface area contributed by atoms with Crippen LogP contribution in [0.3, 0.4) is 0 Å². The van der Waals surface area contributed by atoms with Crippen LogP contribution in [0, 0.1) is 35.5 Å². The lowest BCUT2D eigenvalue weighted by Gasteiger charge is -2.38. The van der Waals surface area contributed by atoms with Gasteiger partial charge in [0.25, 0.3) is 5.91 Å². The molecule has 2 aromatic rings. The number of nitrogens with zero attached hydrogens (tertiary/aromatic N) is 5. The number of nitrogens with one attached hydrogen (secondary N) is 3.